The summed E-state index contributed by atoms with van der Waals surface area (Å²) in [6.45, 7) is 2.57. The van der Waals surface area contributed by atoms with Crippen LogP contribution in [-0.4, -0.2) is 24.6 Å². The van der Waals surface area contributed by atoms with Gasteiger partial charge in [0.25, 0.3) is 0 Å². The quantitative estimate of drug-likeness (QED) is 0.594. The van der Waals surface area contributed by atoms with Gasteiger partial charge in [0.1, 0.15) is 11.5 Å². The van der Waals surface area contributed by atoms with Crippen molar-refractivity contribution in [3.05, 3.63) is 65.6 Å². The molecule has 0 aliphatic heterocycles. The molecular formula is C21H20N2O3S. The van der Waals surface area contributed by atoms with Gasteiger partial charge in [-0.1, -0.05) is 24.3 Å². The van der Waals surface area contributed by atoms with E-state index in [0.29, 0.717) is 11.7 Å². The average Bonchev–Trinajstić information content (AvgIpc) is 3.16. The van der Waals surface area contributed by atoms with Crippen molar-refractivity contribution in [2.45, 2.75) is 6.92 Å². The fourth-order valence-corrected chi connectivity index (χ4v) is 3.13. The summed E-state index contributed by atoms with van der Waals surface area (Å²) in [5, 5.41) is 5.24. The smallest absolute Gasteiger partial charge is 0.250 e. The van der Waals surface area contributed by atoms with Crippen molar-refractivity contribution in [3.63, 3.8) is 0 Å². The van der Waals surface area contributed by atoms with Crippen LogP contribution >= 0.6 is 11.3 Å². The number of rotatable bonds is 7. The van der Waals surface area contributed by atoms with Crippen LogP contribution < -0.4 is 14.8 Å². The number of benzene rings is 2. The zero-order valence-electron chi connectivity index (χ0n) is 15.1. The van der Waals surface area contributed by atoms with Crippen LogP contribution in [0.15, 0.2) is 60.0 Å². The zero-order chi connectivity index (χ0) is 19.1. The van der Waals surface area contributed by atoms with E-state index in [9.17, 15) is 4.79 Å². The number of amides is 1. The Hall–Kier alpha value is -3.12. The molecule has 0 spiro atoms. The largest absolute Gasteiger partial charge is 0.497 e. The fourth-order valence-electron chi connectivity index (χ4n) is 2.41. The van der Waals surface area contributed by atoms with Gasteiger partial charge in [-0.3, -0.25) is 10.1 Å². The number of methoxy groups -OCH3 is 1. The van der Waals surface area contributed by atoms with Crippen molar-refractivity contribution >= 4 is 28.5 Å². The highest BCUT2D eigenvalue weighted by atomic mass is 32.1. The van der Waals surface area contributed by atoms with Gasteiger partial charge in [-0.05, 0) is 42.8 Å². The molecular weight excluding hydrogens is 360 g/mol. The molecule has 1 N–H and O–H groups in total. The van der Waals surface area contributed by atoms with Gasteiger partial charge >= 0.3 is 0 Å². The summed E-state index contributed by atoms with van der Waals surface area (Å²) in [6, 6.07) is 15.2. The topological polar surface area (TPSA) is 60.5 Å². The van der Waals surface area contributed by atoms with E-state index in [4.69, 9.17) is 9.47 Å². The minimum Gasteiger partial charge on any atom is -0.497 e. The van der Waals surface area contributed by atoms with E-state index in [2.05, 4.69) is 10.3 Å². The summed E-state index contributed by atoms with van der Waals surface area (Å²) >= 11 is 1.38. The van der Waals surface area contributed by atoms with Crippen molar-refractivity contribution in [2.24, 2.45) is 0 Å². The lowest BCUT2D eigenvalue weighted by Crippen LogP contribution is -2.07. The van der Waals surface area contributed by atoms with Crippen molar-refractivity contribution in [1.29, 1.82) is 0 Å². The predicted molar refractivity (Wildman–Crippen MR) is 109 cm³/mol. The number of anilines is 1. The molecule has 1 aromatic heterocycles. The van der Waals surface area contributed by atoms with Crippen molar-refractivity contribution < 1.29 is 14.3 Å². The van der Waals surface area contributed by atoms with Gasteiger partial charge in [-0.15, -0.1) is 11.3 Å². The van der Waals surface area contributed by atoms with E-state index in [-0.39, 0.29) is 5.91 Å². The number of carbonyl (C=O) groups is 1. The Bertz CT molecular complexity index is 933. The summed E-state index contributed by atoms with van der Waals surface area (Å²) in [4.78, 5) is 16.6. The summed E-state index contributed by atoms with van der Waals surface area (Å²) in [7, 11) is 1.63. The monoisotopic (exact) mass is 380 g/mol. The Labute approximate surface area is 162 Å². The predicted octanol–water partition coefficient (Wildman–Crippen LogP) is 4.87. The van der Waals surface area contributed by atoms with Gasteiger partial charge < -0.3 is 9.47 Å². The number of carbonyl (C=O) groups excluding carboxylic acids is 1. The number of nitrogens with one attached hydrogen (secondary N) is 1. The molecule has 6 heteroatoms. The first-order valence-electron chi connectivity index (χ1n) is 8.50. The maximum absolute atomic E-state index is 12.1. The molecule has 0 aliphatic rings. The standard InChI is InChI=1S/C21H20N2O3S/c1-3-26-17-10-7-15(8-11-17)9-12-20(24)23-21-22-19(14-27-21)16-5-4-6-18(13-16)25-2/h4-14H,3H2,1-2H3,(H,22,23,24)/b12-9+. The Kier molecular flexibility index (Phi) is 6.22. The molecule has 3 aromatic rings. The van der Waals surface area contributed by atoms with Gasteiger partial charge in [0.05, 0.1) is 19.4 Å². The molecule has 0 unspecified atom stereocenters. The molecule has 0 bridgehead atoms. The molecule has 0 aliphatic carbocycles. The molecule has 138 valence electrons. The molecule has 0 fully saturated rings. The number of hydrogen-bond donors (Lipinski definition) is 1. The third kappa shape index (κ3) is 5.18. The first-order chi connectivity index (χ1) is 13.2. The summed E-state index contributed by atoms with van der Waals surface area (Å²) < 4.78 is 10.6. The van der Waals surface area contributed by atoms with Gasteiger partial charge in [0, 0.05) is 17.0 Å². The van der Waals surface area contributed by atoms with Crippen LogP contribution in [0.25, 0.3) is 17.3 Å². The highest BCUT2D eigenvalue weighted by molar-refractivity contribution is 7.14. The number of thiazole rings is 1. The van der Waals surface area contributed by atoms with Gasteiger partial charge in [0.2, 0.25) is 5.91 Å². The van der Waals surface area contributed by atoms with E-state index >= 15 is 0 Å². The van der Waals surface area contributed by atoms with E-state index in [1.807, 2.05) is 60.8 Å². The number of hydrogen-bond acceptors (Lipinski definition) is 5. The maximum Gasteiger partial charge on any atom is 0.250 e. The molecule has 27 heavy (non-hydrogen) atoms. The van der Waals surface area contributed by atoms with Crippen molar-refractivity contribution in [1.82, 2.24) is 4.98 Å². The third-order valence-electron chi connectivity index (χ3n) is 3.72. The lowest BCUT2D eigenvalue weighted by Gasteiger charge is -2.02. The minimum absolute atomic E-state index is 0.226. The number of ether oxygens (including phenoxy) is 2. The molecule has 0 atom stereocenters. The van der Waals surface area contributed by atoms with Crippen molar-refractivity contribution in [3.8, 4) is 22.8 Å². The van der Waals surface area contributed by atoms with Gasteiger partial charge in [-0.2, -0.15) is 0 Å². The number of nitrogens with zero attached hydrogens (tertiary/aromatic N) is 1. The van der Waals surface area contributed by atoms with Crippen LogP contribution in [0, 0.1) is 0 Å². The highest BCUT2D eigenvalue weighted by Gasteiger charge is 2.07. The SMILES string of the molecule is CCOc1ccc(/C=C/C(=O)Nc2nc(-c3cccc(OC)c3)cs2)cc1. The van der Waals surface area contributed by atoms with Gasteiger partial charge in [0.15, 0.2) is 5.13 Å². The van der Waals surface area contributed by atoms with E-state index in [1.165, 1.54) is 17.4 Å². The van der Waals surface area contributed by atoms with E-state index in [0.717, 1.165) is 28.3 Å². The molecule has 1 amide bonds. The first kappa shape index (κ1) is 18.7. The minimum atomic E-state index is -0.226. The van der Waals surface area contributed by atoms with Crippen LogP contribution in [0.4, 0.5) is 5.13 Å². The first-order valence-corrected chi connectivity index (χ1v) is 9.38. The normalized spacial score (nSPS) is 10.7. The Morgan fingerprint density at radius 1 is 1.19 bits per heavy atom. The Morgan fingerprint density at radius 2 is 2.00 bits per heavy atom. The summed E-state index contributed by atoms with van der Waals surface area (Å²) in [6.07, 6.45) is 3.24. The van der Waals surface area contributed by atoms with E-state index < -0.39 is 0 Å². The van der Waals surface area contributed by atoms with Crippen LogP contribution in [0.3, 0.4) is 0 Å². The Balaban J connectivity index is 1.62. The number of aromatic nitrogens is 1. The van der Waals surface area contributed by atoms with Crippen LogP contribution in [0.2, 0.25) is 0 Å². The molecule has 0 saturated carbocycles. The second-order valence-corrected chi connectivity index (χ2v) is 6.45. The second-order valence-electron chi connectivity index (χ2n) is 5.59. The Morgan fingerprint density at radius 3 is 2.74 bits per heavy atom. The lowest BCUT2D eigenvalue weighted by atomic mass is 10.2. The molecule has 5 nitrogen and oxygen atoms in total. The maximum atomic E-state index is 12.1. The highest BCUT2D eigenvalue weighted by Crippen LogP contribution is 2.27. The third-order valence-corrected chi connectivity index (χ3v) is 4.48. The van der Waals surface area contributed by atoms with Crippen LogP contribution in [-0.2, 0) is 4.79 Å². The molecule has 2 aromatic carbocycles. The molecule has 0 radical (unpaired) electrons. The van der Waals surface area contributed by atoms with Crippen LogP contribution in [0.1, 0.15) is 12.5 Å². The van der Waals surface area contributed by atoms with Gasteiger partial charge in [-0.25, -0.2) is 4.98 Å². The van der Waals surface area contributed by atoms with Crippen molar-refractivity contribution in [2.75, 3.05) is 19.0 Å². The summed E-state index contributed by atoms with van der Waals surface area (Å²) in [5.41, 5.74) is 2.66. The summed E-state index contributed by atoms with van der Waals surface area (Å²) in [5.74, 6) is 1.35. The molecule has 3 rings (SSSR count). The lowest BCUT2D eigenvalue weighted by molar-refractivity contribution is -0.111. The second kappa shape index (κ2) is 9.00. The molecule has 1 heterocycles. The zero-order valence-corrected chi connectivity index (χ0v) is 16.0. The molecule has 0 saturated heterocycles. The van der Waals surface area contributed by atoms with E-state index in [1.54, 1.807) is 13.2 Å². The van der Waals surface area contributed by atoms with Crippen LogP contribution in [0.5, 0.6) is 11.5 Å². The fraction of sp³-hybridized carbons (Fsp3) is 0.143. The average molecular weight is 380 g/mol.